The van der Waals surface area contributed by atoms with Crippen LogP contribution in [0.1, 0.15) is 31.4 Å². The normalized spacial score (nSPS) is 11.8. The molecular weight excluding hydrogens is 419 g/mol. The van der Waals surface area contributed by atoms with Crippen molar-refractivity contribution in [1.82, 2.24) is 10.2 Å². The lowest BCUT2D eigenvalue weighted by molar-refractivity contribution is -0.140. The van der Waals surface area contributed by atoms with Crippen molar-refractivity contribution in [3.63, 3.8) is 0 Å². The van der Waals surface area contributed by atoms with E-state index in [0.29, 0.717) is 32.7 Å². The number of halogens is 3. The van der Waals surface area contributed by atoms with Crippen LogP contribution in [0.4, 0.5) is 0 Å². The highest BCUT2D eigenvalue weighted by atomic mass is 35.5. The number of benzene rings is 2. The minimum absolute atomic E-state index is 0.0765. The van der Waals surface area contributed by atoms with E-state index in [4.69, 9.17) is 34.8 Å². The number of carbonyl (C=O) groups excluding carboxylic acids is 2. The van der Waals surface area contributed by atoms with Gasteiger partial charge in [0.15, 0.2) is 0 Å². The van der Waals surface area contributed by atoms with Crippen molar-refractivity contribution >= 4 is 46.6 Å². The first kappa shape index (κ1) is 22.5. The molecule has 0 aliphatic heterocycles. The van der Waals surface area contributed by atoms with Gasteiger partial charge in [0.1, 0.15) is 6.04 Å². The predicted octanol–water partition coefficient (Wildman–Crippen LogP) is 5.13. The third-order valence-electron chi connectivity index (χ3n) is 4.41. The maximum Gasteiger partial charge on any atom is 0.242 e. The Balaban J connectivity index is 2.30. The van der Waals surface area contributed by atoms with Gasteiger partial charge in [0.25, 0.3) is 0 Å². The molecule has 0 saturated heterocycles. The molecule has 1 atom stereocenters. The highest BCUT2D eigenvalue weighted by Crippen LogP contribution is 2.27. The van der Waals surface area contributed by atoms with Crippen LogP contribution in [0.2, 0.25) is 15.1 Å². The van der Waals surface area contributed by atoms with Crippen LogP contribution in [0.5, 0.6) is 0 Å². The van der Waals surface area contributed by atoms with Gasteiger partial charge < -0.3 is 10.2 Å². The van der Waals surface area contributed by atoms with E-state index in [1.54, 1.807) is 43.3 Å². The summed E-state index contributed by atoms with van der Waals surface area (Å²) in [7, 11) is 0. The molecule has 2 amide bonds. The molecule has 2 rings (SSSR count). The van der Waals surface area contributed by atoms with E-state index >= 15 is 0 Å². The Hall–Kier alpha value is -1.75. The van der Waals surface area contributed by atoms with Crippen LogP contribution in [-0.4, -0.2) is 29.3 Å². The molecule has 150 valence electrons. The largest absolute Gasteiger partial charge is 0.354 e. The molecule has 0 aromatic heterocycles. The molecule has 0 bridgehead atoms. The minimum atomic E-state index is -0.686. The molecule has 0 spiro atoms. The molecule has 0 unspecified atom stereocenters. The lowest BCUT2D eigenvalue weighted by atomic mass is 10.1. The highest BCUT2D eigenvalue weighted by Gasteiger charge is 2.27. The molecular formula is C21H23Cl3N2O2. The quantitative estimate of drug-likeness (QED) is 0.617. The van der Waals surface area contributed by atoms with Crippen molar-refractivity contribution in [2.24, 2.45) is 0 Å². The highest BCUT2D eigenvalue weighted by molar-refractivity contribution is 6.36. The summed E-state index contributed by atoms with van der Waals surface area (Å²) < 4.78 is 0. The van der Waals surface area contributed by atoms with E-state index in [2.05, 4.69) is 5.32 Å². The Kier molecular flexibility index (Phi) is 8.61. The first-order chi connectivity index (χ1) is 13.3. The number of hydrogen-bond donors (Lipinski definition) is 1. The molecule has 28 heavy (non-hydrogen) atoms. The average Bonchev–Trinajstić information content (AvgIpc) is 2.67. The van der Waals surface area contributed by atoms with Gasteiger partial charge in [-0.15, -0.1) is 0 Å². The van der Waals surface area contributed by atoms with Crippen molar-refractivity contribution in [1.29, 1.82) is 0 Å². The summed E-state index contributed by atoms with van der Waals surface area (Å²) in [5, 5.41) is 4.24. The second-order valence-electron chi connectivity index (χ2n) is 6.46. The zero-order chi connectivity index (χ0) is 20.7. The topological polar surface area (TPSA) is 49.4 Å². The summed E-state index contributed by atoms with van der Waals surface area (Å²) in [6.07, 6.45) is 0.884. The van der Waals surface area contributed by atoms with E-state index in [1.165, 1.54) is 4.90 Å². The van der Waals surface area contributed by atoms with Crippen LogP contribution in [0.3, 0.4) is 0 Å². The molecule has 0 aliphatic carbocycles. The van der Waals surface area contributed by atoms with Crippen LogP contribution in [0.15, 0.2) is 42.5 Å². The first-order valence-electron chi connectivity index (χ1n) is 9.08. The number of nitrogens with one attached hydrogen (secondary N) is 1. The maximum absolute atomic E-state index is 13.1. The van der Waals surface area contributed by atoms with Crippen LogP contribution in [0, 0.1) is 0 Å². The fourth-order valence-corrected chi connectivity index (χ4v) is 3.46. The molecule has 0 aliphatic rings. The van der Waals surface area contributed by atoms with Gasteiger partial charge in [-0.1, -0.05) is 66.0 Å². The van der Waals surface area contributed by atoms with Crippen molar-refractivity contribution in [3.8, 4) is 0 Å². The first-order valence-corrected chi connectivity index (χ1v) is 10.2. The molecule has 0 saturated carbocycles. The van der Waals surface area contributed by atoms with Gasteiger partial charge in [-0.05, 0) is 37.1 Å². The second kappa shape index (κ2) is 10.7. The van der Waals surface area contributed by atoms with Gasteiger partial charge in [0, 0.05) is 33.7 Å². The van der Waals surface area contributed by atoms with Gasteiger partial charge in [-0.2, -0.15) is 0 Å². The number of rotatable bonds is 8. The number of amides is 2. The van der Waals surface area contributed by atoms with Crippen LogP contribution < -0.4 is 5.32 Å². The Morgan fingerprint density at radius 3 is 2.21 bits per heavy atom. The van der Waals surface area contributed by atoms with Crippen molar-refractivity contribution in [2.75, 3.05) is 6.54 Å². The van der Waals surface area contributed by atoms with Gasteiger partial charge in [-0.25, -0.2) is 0 Å². The Morgan fingerprint density at radius 2 is 1.61 bits per heavy atom. The molecule has 7 heteroatoms. The maximum atomic E-state index is 13.1. The van der Waals surface area contributed by atoms with Gasteiger partial charge in [0.05, 0.1) is 6.42 Å². The van der Waals surface area contributed by atoms with E-state index in [1.807, 2.05) is 13.0 Å². The van der Waals surface area contributed by atoms with Gasteiger partial charge in [0.2, 0.25) is 11.8 Å². The third-order valence-corrected chi connectivity index (χ3v) is 5.48. The predicted molar refractivity (Wildman–Crippen MR) is 115 cm³/mol. The summed E-state index contributed by atoms with van der Waals surface area (Å²) in [4.78, 5) is 27.1. The number of carbonyl (C=O) groups is 2. The molecule has 2 aromatic rings. The van der Waals surface area contributed by atoms with Gasteiger partial charge in [-0.3, -0.25) is 9.59 Å². The molecule has 0 radical (unpaired) electrons. The van der Waals surface area contributed by atoms with E-state index in [-0.39, 0.29) is 24.8 Å². The standard InChI is InChI=1S/C21H23Cl3N2O2/c1-3-11-25-21(28)14(2)26(13-16-18(23)9-6-10-19(16)24)20(27)12-15-7-4-5-8-17(15)22/h4-10,14H,3,11-13H2,1-2H3,(H,25,28)/t14-/m0/s1. The number of nitrogens with zero attached hydrogens (tertiary/aromatic N) is 1. The van der Waals surface area contributed by atoms with Crippen LogP contribution in [-0.2, 0) is 22.6 Å². The molecule has 4 nitrogen and oxygen atoms in total. The summed E-state index contributed by atoms with van der Waals surface area (Å²) in [5.74, 6) is -0.458. The van der Waals surface area contributed by atoms with Crippen molar-refractivity contribution in [3.05, 3.63) is 68.7 Å². The molecule has 0 heterocycles. The Bertz CT molecular complexity index is 822. The van der Waals surface area contributed by atoms with E-state index < -0.39 is 6.04 Å². The minimum Gasteiger partial charge on any atom is -0.354 e. The molecule has 0 fully saturated rings. The monoisotopic (exact) mass is 440 g/mol. The fraction of sp³-hybridized carbons (Fsp3) is 0.333. The lowest BCUT2D eigenvalue weighted by Crippen LogP contribution is -2.48. The zero-order valence-corrected chi connectivity index (χ0v) is 18.1. The SMILES string of the molecule is CCCNC(=O)[C@H](C)N(Cc1c(Cl)cccc1Cl)C(=O)Cc1ccccc1Cl. The smallest absolute Gasteiger partial charge is 0.242 e. The molecule has 2 aromatic carbocycles. The van der Waals surface area contributed by atoms with Crippen molar-refractivity contribution in [2.45, 2.75) is 39.3 Å². The van der Waals surface area contributed by atoms with E-state index in [9.17, 15) is 9.59 Å². The van der Waals surface area contributed by atoms with Crippen molar-refractivity contribution < 1.29 is 9.59 Å². The van der Waals surface area contributed by atoms with Crippen LogP contribution in [0.25, 0.3) is 0 Å². The van der Waals surface area contributed by atoms with Gasteiger partial charge >= 0.3 is 0 Å². The number of hydrogen-bond acceptors (Lipinski definition) is 2. The summed E-state index contributed by atoms with van der Waals surface area (Å²) in [6, 6.07) is 11.6. The van der Waals surface area contributed by atoms with E-state index in [0.717, 1.165) is 6.42 Å². The molecule has 1 N–H and O–H groups in total. The second-order valence-corrected chi connectivity index (χ2v) is 7.68. The Labute approximate surface area is 180 Å². The average molecular weight is 442 g/mol. The Morgan fingerprint density at radius 1 is 1.00 bits per heavy atom. The lowest BCUT2D eigenvalue weighted by Gasteiger charge is -2.29. The fourth-order valence-electron chi connectivity index (χ4n) is 2.74. The summed E-state index contributed by atoms with van der Waals surface area (Å²) in [6.45, 7) is 4.33. The summed E-state index contributed by atoms with van der Waals surface area (Å²) in [5.41, 5.74) is 1.30. The third kappa shape index (κ3) is 5.87. The van der Waals surface area contributed by atoms with Crippen LogP contribution >= 0.6 is 34.8 Å². The summed E-state index contributed by atoms with van der Waals surface area (Å²) >= 11 is 18.8. The zero-order valence-electron chi connectivity index (χ0n) is 15.8.